The molecule has 0 saturated carbocycles. The maximum Gasteiger partial charge on any atom is 0.213 e. The quantitative estimate of drug-likeness (QED) is 0.111. The van der Waals surface area contributed by atoms with Gasteiger partial charge in [0.15, 0.2) is 12.2 Å². The molecule has 20 heteroatoms. The van der Waals surface area contributed by atoms with E-state index in [2.05, 4.69) is 109 Å². The summed E-state index contributed by atoms with van der Waals surface area (Å²) in [5.74, 6) is 0.676. The first-order valence-corrected chi connectivity index (χ1v) is 33.6. The summed E-state index contributed by atoms with van der Waals surface area (Å²) in [5, 5.41) is 27.9. The lowest BCUT2D eigenvalue weighted by atomic mass is 10.4. The minimum atomic E-state index is 0.676. The molecular weight excluding hydrogens is 1160 g/mol. The molecule has 0 spiro atoms. The highest BCUT2D eigenvalue weighted by Crippen LogP contribution is 2.02. The van der Waals surface area contributed by atoms with Crippen LogP contribution in [0.2, 0.25) is 0 Å². The second-order valence-corrected chi connectivity index (χ2v) is 15.5. The van der Waals surface area contributed by atoms with E-state index in [1.165, 1.54) is 52.1 Å². The van der Waals surface area contributed by atoms with Crippen molar-refractivity contribution in [3.05, 3.63) is 207 Å². The Labute approximate surface area is 549 Å². The van der Waals surface area contributed by atoms with Gasteiger partial charge in [0.05, 0.1) is 42.5 Å². The van der Waals surface area contributed by atoms with Gasteiger partial charge in [-0.1, -0.05) is 163 Å². The average molecular weight is 1290 g/mol. The minimum absolute atomic E-state index is 0.676. The van der Waals surface area contributed by atoms with Crippen LogP contribution >= 0.6 is 34.2 Å². The molecule has 0 atom stereocenters. The van der Waals surface area contributed by atoms with E-state index in [1.54, 1.807) is 85.8 Å². The fourth-order valence-corrected chi connectivity index (χ4v) is 5.05. The van der Waals surface area contributed by atoms with Gasteiger partial charge in [0.25, 0.3) is 0 Å². The van der Waals surface area contributed by atoms with Crippen molar-refractivity contribution in [2.24, 2.45) is 0 Å². The number of hydrogen-bond acceptors (Lipinski definition) is 16. The fraction of sp³-hybridized carbons (Fsp3) is 0.485. The van der Waals surface area contributed by atoms with E-state index < -0.39 is 0 Å². The molecule has 0 fully saturated rings. The summed E-state index contributed by atoms with van der Waals surface area (Å²) in [4.78, 5) is 20.9. The maximum atomic E-state index is 4.71. The van der Waals surface area contributed by atoms with E-state index in [0.717, 1.165) is 28.3 Å². The Hall–Kier alpha value is -7.29. The van der Waals surface area contributed by atoms with Gasteiger partial charge in [0, 0.05) is 70.6 Å². The summed E-state index contributed by atoms with van der Waals surface area (Å²) >= 11 is 4.86. The second kappa shape index (κ2) is 102. The van der Waals surface area contributed by atoms with Crippen LogP contribution in [0, 0.1) is 76.2 Å². The molecule has 0 aromatic carbocycles. The van der Waals surface area contributed by atoms with Crippen LogP contribution in [0.4, 0.5) is 0 Å². The van der Waals surface area contributed by atoms with E-state index >= 15 is 0 Å². The molecular formula is C68H127N13O4S3. The number of rotatable bonds is 0. The molecule has 0 bridgehead atoms. The van der Waals surface area contributed by atoms with E-state index in [0.29, 0.717) is 5.82 Å². The normalized spacial score (nSPS) is 7.38. The largest absolute Gasteiger partial charge is 0.472 e. The summed E-state index contributed by atoms with van der Waals surface area (Å²) < 4.78 is 22.0. The predicted molar refractivity (Wildman–Crippen MR) is 388 cm³/mol. The van der Waals surface area contributed by atoms with Crippen LogP contribution in [-0.2, 0) is 0 Å². The van der Waals surface area contributed by atoms with Crippen LogP contribution in [0.5, 0.6) is 0 Å². The second-order valence-electron chi connectivity index (χ2n) is 13.4. The van der Waals surface area contributed by atoms with Gasteiger partial charge in [-0.15, -0.1) is 11.3 Å². The summed E-state index contributed by atoms with van der Waals surface area (Å²) in [5.41, 5.74) is 13.4. The van der Waals surface area contributed by atoms with E-state index in [9.17, 15) is 0 Å². The van der Waals surface area contributed by atoms with Gasteiger partial charge in [-0.25, -0.2) is 14.3 Å². The average Bonchev–Trinajstić information content (AvgIpc) is 4.40. The van der Waals surface area contributed by atoms with Crippen molar-refractivity contribution < 1.29 is 17.9 Å². The minimum Gasteiger partial charge on any atom is -0.472 e. The first-order valence-electron chi connectivity index (χ1n) is 30.9. The summed E-state index contributed by atoms with van der Waals surface area (Å²) in [6, 6.07) is 7.96. The Morgan fingerprint density at radius 1 is 0.443 bits per heavy atom. The number of oxazole rings is 1. The highest BCUT2D eigenvalue weighted by Gasteiger charge is 1.82. The molecule has 0 radical (unpaired) electrons. The Balaban J connectivity index is -0.0000000798. The zero-order valence-electron chi connectivity index (χ0n) is 61.2. The zero-order chi connectivity index (χ0) is 70.5. The SMILES string of the molecule is CC.CC.CC.CC.CC.CC.CC.CC.CC.CC.CC.Cc1cc[nH]c1.Cc1ccn[nH]1.Cc1ccoc1.Cc1ccsc1.Cc1cn[nH]c1.Cc1cnc[nH]1.Cc1cnoc1.Cc1cnsc1.Cc1cocn1.Cc1cscn1.Cc1ncon1. The molecule has 0 unspecified atom stereocenters. The molecule has 0 saturated heterocycles. The van der Waals surface area contributed by atoms with Gasteiger partial charge in [-0.2, -0.15) is 26.5 Å². The van der Waals surface area contributed by atoms with Crippen molar-refractivity contribution in [3.63, 3.8) is 0 Å². The van der Waals surface area contributed by atoms with Gasteiger partial charge in [-0.3, -0.25) is 15.2 Å². The standard InChI is InChI=1S/C5H7N.C5H6O.C5H6S.3C4H6N2.2C4H5NO.2C4H5NS.C3H4N2O.11C2H6/c3*1-5-2-3-6-4-5;1-4-2-5-3-6-4;1-4-2-5-6-3-4;1-4-2-3-5-6-4;1-4-2-6-3-5-4;1-4-2-5-6-3-4;1-4-2-6-3-5-4;1-4-2-5-6-3-4;1-3-4-2-6-5-3;11*1-2/h2-4,6H,1H3;2*2-4H,1H3;3*2-3H,1H3,(H,5,6);4*2-3H,1H3;2H,1H3;11*1-2H3. The van der Waals surface area contributed by atoms with Crippen LogP contribution in [0.3, 0.4) is 0 Å². The van der Waals surface area contributed by atoms with Crippen LogP contribution < -0.4 is 0 Å². The number of aromatic nitrogens is 13. The summed E-state index contributed by atoms with van der Waals surface area (Å²) in [6.45, 7) is 65.6. The number of furan rings is 1. The Morgan fingerprint density at radius 2 is 1.07 bits per heavy atom. The first kappa shape index (κ1) is 106. The number of thiazole rings is 1. The Morgan fingerprint density at radius 3 is 1.19 bits per heavy atom. The number of H-pyrrole nitrogens is 4. The number of aromatic amines is 4. The number of nitrogens with one attached hydrogen (secondary N) is 4. The summed E-state index contributed by atoms with van der Waals surface area (Å²) in [7, 11) is 0. The monoisotopic (exact) mass is 1290 g/mol. The van der Waals surface area contributed by atoms with Gasteiger partial charge in [0.2, 0.25) is 6.39 Å². The van der Waals surface area contributed by atoms with Crippen LogP contribution in [0.25, 0.3) is 0 Å². The lowest BCUT2D eigenvalue weighted by molar-refractivity contribution is 0.412. The lowest BCUT2D eigenvalue weighted by Crippen LogP contribution is -1.66. The first-order chi connectivity index (χ1) is 42.8. The van der Waals surface area contributed by atoms with Crippen LogP contribution in [0.1, 0.15) is 214 Å². The van der Waals surface area contributed by atoms with Crippen molar-refractivity contribution >= 4 is 34.2 Å². The third-order valence-electron chi connectivity index (χ3n) is 6.68. The van der Waals surface area contributed by atoms with Gasteiger partial charge < -0.3 is 27.8 Å². The highest BCUT2D eigenvalue weighted by atomic mass is 32.1. The molecule has 0 aliphatic rings. The van der Waals surface area contributed by atoms with Gasteiger partial charge in [-0.05, 0) is 151 Å². The van der Waals surface area contributed by atoms with Crippen molar-refractivity contribution in [3.8, 4) is 0 Å². The molecule has 11 aromatic heterocycles. The van der Waals surface area contributed by atoms with Crippen LogP contribution in [-0.4, -0.2) is 65.0 Å². The fourth-order valence-electron chi connectivity index (χ4n) is 3.32. The van der Waals surface area contributed by atoms with Crippen molar-refractivity contribution in [1.29, 1.82) is 0 Å². The number of imidazole rings is 1. The highest BCUT2D eigenvalue weighted by molar-refractivity contribution is 7.08. The number of aryl methyl sites for hydroxylation is 11. The molecule has 11 aromatic rings. The molecule has 88 heavy (non-hydrogen) atoms. The predicted octanol–water partition coefficient (Wildman–Crippen LogP) is 23.7. The topological polar surface area (TPSA) is 232 Å². The smallest absolute Gasteiger partial charge is 0.213 e. The number of thiophene rings is 1. The molecule has 11 rings (SSSR count). The number of hydrogen-bond donors (Lipinski definition) is 4. The van der Waals surface area contributed by atoms with Crippen molar-refractivity contribution in [2.45, 2.75) is 228 Å². The van der Waals surface area contributed by atoms with E-state index in [1.807, 2.05) is 267 Å². The molecule has 0 aliphatic heterocycles. The Kier molecular flexibility index (Phi) is 122. The van der Waals surface area contributed by atoms with Crippen LogP contribution in [0.15, 0.2) is 163 Å². The summed E-state index contributed by atoms with van der Waals surface area (Å²) in [6.07, 6.45) is 25.5. The molecule has 506 valence electrons. The maximum absolute atomic E-state index is 4.71. The Bertz CT molecular complexity index is 1850. The molecule has 4 N–H and O–H groups in total. The van der Waals surface area contributed by atoms with Gasteiger partial charge in [0.1, 0.15) is 12.5 Å². The number of nitrogens with zero attached hydrogens (tertiary/aromatic N) is 9. The lowest BCUT2D eigenvalue weighted by Gasteiger charge is -1.68. The zero-order valence-corrected chi connectivity index (χ0v) is 63.7. The van der Waals surface area contributed by atoms with E-state index in [4.69, 9.17) is 4.42 Å². The molecule has 11 heterocycles. The third-order valence-corrected chi connectivity index (χ3v) is 8.89. The molecule has 0 amide bonds. The van der Waals surface area contributed by atoms with Gasteiger partial charge >= 0.3 is 0 Å². The van der Waals surface area contributed by atoms with Crippen molar-refractivity contribution in [2.75, 3.05) is 0 Å². The van der Waals surface area contributed by atoms with E-state index in [-0.39, 0.29) is 0 Å². The molecule has 0 aliphatic carbocycles. The third kappa shape index (κ3) is 97.8. The van der Waals surface area contributed by atoms with Crippen molar-refractivity contribution in [1.82, 2.24) is 65.0 Å². The molecule has 17 nitrogen and oxygen atoms in total.